The van der Waals surface area contributed by atoms with Crippen LogP contribution in [0.15, 0.2) is 0 Å². The van der Waals surface area contributed by atoms with E-state index in [1.807, 2.05) is 21.6 Å². The van der Waals surface area contributed by atoms with Crippen LogP contribution in [-0.2, 0) is 9.53 Å². The number of ether oxygens (including phenoxy) is 1. The van der Waals surface area contributed by atoms with Crippen LogP contribution in [0.4, 0.5) is 4.79 Å². The molecule has 2 heterocycles. The van der Waals surface area contributed by atoms with Crippen LogP contribution in [0, 0.1) is 5.92 Å². The zero-order valence-electron chi connectivity index (χ0n) is 13.7. The summed E-state index contributed by atoms with van der Waals surface area (Å²) in [5, 5.41) is 3.13. The minimum absolute atomic E-state index is 0.0242. The Hall–Kier alpha value is -0.950. The summed E-state index contributed by atoms with van der Waals surface area (Å²) in [6, 6.07) is 0.238. The Kier molecular flexibility index (Phi) is 6.05. The van der Waals surface area contributed by atoms with Gasteiger partial charge in [-0.25, -0.2) is 4.79 Å². The van der Waals surface area contributed by atoms with E-state index in [1.54, 1.807) is 0 Å². The molecule has 0 spiro atoms. The van der Waals surface area contributed by atoms with E-state index >= 15 is 0 Å². The van der Waals surface area contributed by atoms with Crippen LogP contribution in [0.25, 0.3) is 0 Å². The molecule has 3 rings (SSSR count). The van der Waals surface area contributed by atoms with Gasteiger partial charge in [-0.15, -0.1) is 0 Å². The topological polar surface area (TPSA) is 61.9 Å². The van der Waals surface area contributed by atoms with E-state index < -0.39 is 0 Å². The second kappa shape index (κ2) is 8.24. The van der Waals surface area contributed by atoms with E-state index in [0.29, 0.717) is 32.2 Å². The minimum atomic E-state index is 0.0242. The molecule has 130 valence electrons. The summed E-state index contributed by atoms with van der Waals surface area (Å²) in [6.07, 6.45) is 3.62. The number of hydrogen-bond donors (Lipinski definition) is 1. The number of urea groups is 1. The molecule has 1 aliphatic carbocycles. The van der Waals surface area contributed by atoms with Gasteiger partial charge in [0, 0.05) is 49.6 Å². The maximum atomic E-state index is 12.5. The standard InChI is InChI=1S/C16H27N3O3S/c20-15(18-7-11-23-12-8-18)13-1-3-14(4-2-13)17-16(21)19-5-9-22-10-6-19/h13-14H,1-12H2,(H,17,21). The summed E-state index contributed by atoms with van der Waals surface area (Å²) in [7, 11) is 0. The van der Waals surface area contributed by atoms with Gasteiger partial charge in [-0.1, -0.05) is 0 Å². The van der Waals surface area contributed by atoms with Crippen molar-refractivity contribution < 1.29 is 14.3 Å². The number of nitrogens with one attached hydrogen (secondary N) is 1. The summed E-state index contributed by atoms with van der Waals surface area (Å²) in [5.41, 5.74) is 0. The van der Waals surface area contributed by atoms with Crippen LogP contribution in [0.3, 0.4) is 0 Å². The number of morpholine rings is 1. The smallest absolute Gasteiger partial charge is 0.317 e. The summed E-state index contributed by atoms with van der Waals surface area (Å²) < 4.78 is 5.27. The van der Waals surface area contributed by atoms with Gasteiger partial charge in [0.25, 0.3) is 0 Å². The molecule has 0 aromatic rings. The van der Waals surface area contributed by atoms with Crippen molar-refractivity contribution in [1.82, 2.24) is 15.1 Å². The van der Waals surface area contributed by atoms with E-state index in [2.05, 4.69) is 5.32 Å². The summed E-state index contributed by atoms with van der Waals surface area (Å²) >= 11 is 1.93. The van der Waals surface area contributed by atoms with Crippen LogP contribution in [0.2, 0.25) is 0 Å². The van der Waals surface area contributed by atoms with Gasteiger partial charge in [-0.05, 0) is 25.7 Å². The molecular weight excluding hydrogens is 314 g/mol. The molecule has 2 saturated heterocycles. The Bertz CT molecular complexity index is 415. The maximum absolute atomic E-state index is 12.5. The highest BCUT2D eigenvalue weighted by Gasteiger charge is 2.31. The summed E-state index contributed by atoms with van der Waals surface area (Å²) in [5.74, 6) is 2.63. The fourth-order valence-corrected chi connectivity index (χ4v) is 4.46. The Morgan fingerprint density at radius 3 is 2.22 bits per heavy atom. The second-order valence-corrected chi connectivity index (χ2v) is 7.76. The first-order valence-electron chi connectivity index (χ1n) is 8.74. The molecule has 0 radical (unpaired) electrons. The molecule has 2 aliphatic heterocycles. The molecule has 3 fully saturated rings. The van der Waals surface area contributed by atoms with Gasteiger partial charge in [-0.3, -0.25) is 4.79 Å². The van der Waals surface area contributed by atoms with Crippen molar-refractivity contribution in [3.05, 3.63) is 0 Å². The molecule has 0 atom stereocenters. The average Bonchev–Trinajstić information content (AvgIpc) is 2.63. The van der Waals surface area contributed by atoms with E-state index in [0.717, 1.165) is 50.3 Å². The number of carbonyl (C=O) groups is 2. The zero-order chi connectivity index (χ0) is 16.1. The lowest BCUT2D eigenvalue weighted by Crippen LogP contribution is -2.50. The van der Waals surface area contributed by atoms with Gasteiger partial charge < -0.3 is 19.9 Å². The van der Waals surface area contributed by atoms with Gasteiger partial charge in [0.1, 0.15) is 0 Å². The largest absolute Gasteiger partial charge is 0.378 e. The van der Waals surface area contributed by atoms with E-state index in [4.69, 9.17) is 4.74 Å². The van der Waals surface area contributed by atoms with Crippen molar-refractivity contribution in [3.63, 3.8) is 0 Å². The maximum Gasteiger partial charge on any atom is 0.317 e. The molecule has 1 saturated carbocycles. The first-order valence-corrected chi connectivity index (χ1v) is 9.89. The number of thioether (sulfide) groups is 1. The van der Waals surface area contributed by atoms with E-state index in [1.165, 1.54) is 0 Å². The predicted molar refractivity (Wildman–Crippen MR) is 90.6 cm³/mol. The number of nitrogens with zero attached hydrogens (tertiary/aromatic N) is 2. The van der Waals surface area contributed by atoms with E-state index in [9.17, 15) is 9.59 Å². The number of hydrogen-bond acceptors (Lipinski definition) is 4. The number of rotatable bonds is 2. The molecule has 0 aromatic heterocycles. The quantitative estimate of drug-likeness (QED) is 0.819. The monoisotopic (exact) mass is 341 g/mol. The highest BCUT2D eigenvalue weighted by Crippen LogP contribution is 2.27. The molecule has 3 amide bonds. The lowest BCUT2D eigenvalue weighted by Gasteiger charge is -2.35. The van der Waals surface area contributed by atoms with Crippen LogP contribution >= 0.6 is 11.8 Å². The summed E-state index contributed by atoms with van der Waals surface area (Å²) in [4.78, 5) is 28.6. The molecule has 3 aliphatic rings. The molecule has 6 nitrogen and oxygen atoms in total. The van der Waals surface area contributed by atoms with Crippen LogP contribution in [0.5, 0.6) is 0 Å². The molecule has 0 aromatic carbocycles. The Balaban J connectivity index is 1.41. The minimum Gasteiger partial charge on any atom is -0.378 e. The van der Waals surface area contributed by atoms with Crippen LogP contribution in [0.1, 0.15) is 25.7 Å². The third-order valence-electron chi connectivity index (χ3n) is 5.03. The van der Waals surface area contributed by atoms with Crippen molar-refractivity contribution in [3.8, 4) is 0 Å². The Morgan fingerprint density at radius 1 is 0.913 bits per heavy atom. The van der Waals surface area contributed by atoms with Gasteiger partial charge in [0.2, 0.25) is 5.91 Å². The zero-order valence-corrected chi connectivity index (χ0v) is 14.5. The Morgan fingerprint density at radius 2 is 1.57 bits per heavy atom. The van der Waals surface area contributed by atoms with Crippen molar-refractivity contribution in [2.45, 2.75) is 31.7 Å². The van der Waals surface area contributed by atoms with E-state index in [-0.39, 0.29) is 18.0 Å². The first kappa shape index (κ1) is 16.9. The molecule has 23 heavy (non-hydrogen) atoms. The highest BCUT2D eigenvalue weighted by molar-refractivity contribution is 7.99. The SMILES string of the molecule is O=C(NC1CCC(C(=O)N2CCSCC2)CC1)N1CCOCC1. The predicted octanol–water partition coefficient (Wildman–Crippen LogP) is 1.16. The molecule has 1 N–H and O–H groups in total. The van der Waals surface area contributed by atoms with Crippen molar-refractivity contribution in [2.75, 3.05) is 50.9 Å². The first-order chi connectivity index (χ1) is 11.2. The number of amides is 3. The molecular formula is C16H27N3O3S. The normalized spacial score (nSPS) is 29.2. The molecule has 7 heteroatoms. The van der Waals surface area contributed by atoms with Gasteiger partial charge >= 0.3 is 6.03 Å². The van der Waals surface area contributed by atoms with Crippen molar-refractivity contribution in [1.29, 1.82) is 0 Å². The van der Waals surface area contributed by atoms with Gasteiger partial charge in [0.15, 0.2) is 0 Å². The van der Waals surface area contributed by atoms with Crippen LogP contribution in [-0.4, -0.2) is 78.7 Å². The van der Waals surface area contributed by atoms with Gasteiger partial charge in [-0.2, -0.15) is 11.8 Å². The fourth-order valence-electron chi connectivity index (χ4n) is 3.56. The third kappa shape index (κ3) is 4.53. The van der Waals surface area contributed by atoms with Crippen molar-refractivity contribution in [2.24, 2.45) is 5.92 Å². The Labute approximate surface area is 142 Å². The average molecular weight is 341 g/mol. The molecule has 0 unspecified atom stereocenters. The third-order valence-corrected chi connectivity index (χ3v) is 5.97. The lowest BCUT2D eigenvalue weighted by molar-refractivity contribution is -0.136. The van der Waals surface area contributed by atoms with Crippen LogP contribution < -0.4 is 5.32 Å². The van der Waals surface area contributed by atoms with Crippen molar-refractivity contribution >= 4 is 23.7 Å². The number of carbonyl (C=O) groups excluding carboxylic acids is 2. The summed E-state index contributed by atoms with van der Waals surface area (Å²) in [6.45, 7) is 4.40. The molecule has 0 bridgehead atoms. The lowest BCUT2D eigenvalue weighted by atomic mass is 9.85. The second-order valence-electron chi connectivity index (χ2n) is 6.54. The highest BCUT2D eigenvalue weighted by atomic mass is 32.2. The van der Waals surface area contributed by atoms with Gasteiger partial charge in [0.05, 0.1) is 13.2 Å². The fraction of sp³-hybridized carbons (Fsp3) is 0.875.